The summed E-state index contributed by atoms with van der Waals surface area (Å²) < 4.78 is 16.5. The number of amides is 2. The minimum absolute atomic E-state index is 0.0366. The predicted molar refractivity (Wildman–Crippen MR) is 121 cm³/mol. The van der Waals surface area contributed by atoms with E-state index in [0.717, 1.165) is 29.5 Å². The van der Waals surface area contributed by atoms with Crippen molar-refractivity contribution in [1.82, 2.24) is 15.4 Å². The third-order valence-corrected chi connectivity index (χ3v) is 5.77. The zero-order chi connectivity index (χ0) is 23.2. The van der Waals surface area contributed by atoms with E-state index < -0.39 is 0 Å². The maximum atomic E-state index is 13.3. The van der Waals surface area contributed by atoms with Crippen LogP contribution in [0.15, 0.2) is 51.6 Å². The lowest BCUT2D eigenvalue weighted by Crippen LogP contribution is -2.40. The molecule has 1 aromatic carbocycles. The van der Waals surface area contributed by atoms with E-state index in [-0.39, 0.29) is 36.6 Å². The molecule has 4 rings (SSSR count). The first-order valence-corrected chi connectivity index (χ1v) is 11.2. The third kappa shape index (κ3) is 5.90. The first-order valence-electron chi connectivity index (χ1n) is 11.2. The Morgan fingerprint density at radius 3 is 2.85 bits per heavy atom. The van der Waals surface area contributed by atoms with Crippen molar-refractivity contribution in [2.75, 3.05) is 19.7 Å². The van der Waals surface area contributed by atoms with Crippen LogP contribution in [0, 0.1) is 13.8 Å². The molecule has 1 N–H and O–H groups in total. The fourth-order valence-electron chi connectivity index (χ4n) is 3.90. The molecule has 1 saturated heterocycles. The second kappa shape index (κ2) is 10.5. The summed E-state index contributed by atoms with van der Waals surface area (Å²) in [4.78, 5) is 27.3. The van der Waals surface area contributed by atoms with Crippen LogP contribution in [0.4, 0.5) is 0 Å². The Labute approximate surface area is 192 Å². The van der Waals surface area contributed by atoms with Gasteiger partial charge in [0, 0.05) is 37.7 Å². The molecule has 1 atom stereocenters. The summed E-state index contributed by atoms with van der Waals surface area (Å²) in [6.45, 7) is 5.67. The van der Waals surface area contributed by atoms with Crippen LogP contribution in [0.5, 0.6) is 0 Å². The lowest BCUT2D eigenvalue weighted by molar-refractivity contribution is -0.121. The van der Waals surface area contributed by atoms with Gasteiger partial charge in [0.1, 0.15) is 5.76 Å². The fraction of sp³-hybridized carbons (Fsp3) is 0.400. The second-order valence-electron chi connectivity index (χ2n) is 8.39. The molecule has 0 unspecified atom stereocenters. The largest absolute Gasteiger partial charge is 0.467 e. The van der Waals surface area contributed by atoms with Gasteiger partial charge >= 0.3 is 0 Å². The smallest absolute Gasteiger partial charge is 0.276 e. The van der Waals surface area contributed by atoms with E-state index in [9.17, 15) is 9.59 Å². The van der Waals surface area contributed by atoms with Gasteiger partial charge in [-0.1, -0.05) is 22.9 Å². The Bertz CT molecular complexity index is 1080. The van der Waals surface area contributed by atoms with Gasteiger partial charge in [0.05, 0.1) is 18.9 Å². The number of aromatic nitrogens is 1. The first kappa shape index (κ1) is 22.8. The van der Waals surface area contributed by atoms with Gasteiger partial charge in [0.2, 0.25) is 5.91 Å². The van der Waals surface area contributed by atoms with Crippen LogP contribution in [-0.2, 0) is 16.1 Å². The number of benzene rings is 1. The number of nitrogens with zero attached hydrogens (tertiary/aromatic N) is 2. The number of carbonyl (C=O) groups is 2. The Morgan fingerprint density at radius 1 is 1.21 bits per heavy atom. The van der Waals surface area contributed by atoms with Gasteiger partial charge in [-0.15, -0.1) is 0 Å². The molecule has 8 nitrogen and oxygen atoms in total. The number of ether oxygens (including phenoxy) is 1. The highest BCUT2D eigenvalue weighted by molar-refractivity contribution is 5.93. The van der Waals surface area contributed by atoms with E-state index in [4.69, 9.17) is 13.7 Å². The van der Waals surface area contributed by atoms with Crippen LogP contribution in [0.3, 0.4) is 0 Å². The minimum Gasteiger partial charge on any atom is -0.467 e. The standard InChI is InChI=1S/C25H29N3O5/c1-17-7-8-18(2)21(13-17)23-14-22(27-33-23)25(30)28(16-20-6-4-12-32-20)10-9-24(29)26-15-19-5-3-11-31-19/h3,5,7-8,11,13-14,20H,4,6,9-10,12,15-16H2,1-2H3,(H,26,29)/t20-/m0/s1. The molecule has 8 heteroatoms. The monoisotopic (exact) mass is 451 g/mol. The fourth-order valence-corrected chi connectivity index (χ4v) is 3.90. The lowest BCUT2D eigenvalue weighted by Gasteiger charge is -2.24. The second-order valence-corrected chi connectivity index (χ2v) is 8.39. The Morgan fingerprint density at radius 2 is 2.09 bits per heavy atom. The number of hydrogen-bond donors (Lipinski definition) is 1. The third-order valence-electron chi connectivity index (χ3n) is 5.77. The van der Waals surface area contributed by atoms with Gasteiger partial charge < -0.3 is 23.9 Å². The minimum atomic E-state index is -0.273. The summed E-state index contributed by atoms with van der Waals surface area (Å²) in [5.74, 6) is 0.794. The van der Waals surface area contributed by atoms with Crippen molar-refractivity contribution in [2.45, 2.75) is 45.8 Å². The highest BCUT2D eigenvalue weighted by atomic mass is 16.5. The molecule has 0 aliphatic carbocycles. The van der Waals surface area contributed by atoms with Crippen LogP contribution < -0.4 is 5.32 Å². The van der Waals surface area contributed by atoms with E-state index in [2.05, 4.69) is 10.5 Å². The van der Waals surface area contributed by atoms with Gasteiger partial charge in [0.25, 0.3) is 5.91 Å². The number of hydrogen-bond acceptors (Lipinski definition) is 6. The zero-order valence-corrected chi connectivity index (χ0v) is 19.0. The highest BCUT2D eigenvalue weighted by Crippen LogP contribution is 2.26. The number of furan rings is 1. The summed E-state index contributed by atoms with van der Waals surface area (Å²) in [6, 6.07) is 11.3. The first-order chi connectivity index (χ1) is 16.0. The number of carbonyl (C=O) groups excluding carboxylic acids is 2. The molecule has 0 bridgehead atoms. The maximum absolute atomic E-state index is 13.3. The van der Waals surface area contributed by atoms with Gasteiger partial charge in [-0.05, 0) is 50.5 Å². The summed E-state index contributed by atoms with van der Waals surface area (Å²) in [5.41, 5.74) is 3.27. The van der Waals surface area contributed by atoms with Crippen LogP contribution >= 0.6 is 0 Å². The molecule has 1 aliphatic rings. The Balaban J connectivity index is 1.43. The summed E-state index contributed by atoms with van der Waals surface area (Å²) in [7, 11) is 0. The van der Waals surface area contributed by atoms with Crippen molar-refractivity contribution in [1.29, 1.82) is 0 Å². The molecule has 3 aromatic rings. The Hall–Kier alpha value is -3.39. The van der Waals surface area contributed by atoms with E-state index in [1.807, 2.05) is 32.0 Å². The summed E-state index contributed by atoms with van der Waals surface area (Å²) >= 11 is 0. The quantitative estimate of drug-likeness (QED) is 0.530. The van der Waals surface area contributed by atoms with Crippen LogP contribution in [0.25, 0.3) is 11.3 Å². The summed E-state index contributed by atoms with van der Waals surface area (Å²) in [5, 5.41) is 6.85. The molecular formula is C25H29N3O5. The highest BCUT2D eigenvalue weighted by Gasteiger charge is 2.26. The molecule has 0 spiro atoms. The van der Waals surface area contributed by atoms with E-state index in [1.54, 1.807) is 29.4 Å². The predicted octanol–water partition coefficient (Wildman–Crippen LogP) is 3.88. The van der Waals surface area contributed by atoms with Crippen LogP contribution in [0.2, 0.25) is 0 Å². The van der Waals surface area contributed by atoms with Gasteiger partial charge in [0.15, 0.2) is 11.5 Å². The molecule has 0 saturated carbocycles. The normalized spacial score (nSPS) is 15.5. The maximum Gasteiger partial charge on any atom is 0.276 e. The van der Waals surface area contributed by atoms with Crippen LogP contribution in [0.1, 0.15) is 46.6 Å². The number of nitrogens with one attached hydrogen (secondary N) is 1. The van der Waals surface area contributed by atoms with Crippen LogP contribution in [-0.4, -0.2) is 47.7 Å². The van der Waals surface area contributed by atoms with Gasteiger partial charge in [-0.3, -0.25) is 9.59 Å². The van der Waals surface area contributed by atoms with Crippen molar-refractivity contribution < 1.29 is 23.3 Å². The van der Waals surface area contributed by atoms with Crippen molar-refractivity contribution in [3.05, 3.63) is 65.2 Å². The molecule has 2 aromatic heterocycles. The average Bonchev–Trinajstić information content (AvgIpc) is 3.59. The number of rotatable bonds is 9. The number of aryl methyl sites for hydroxylation is 2. The molecule has 174 valence electrons. The topological polar surface area (TPSA) is 97.8 Å². The van der Waals surface area contributed by atoms with E-state index in [0.29, 0.717) is 31.2 Å². The van der Waals surface area contributed by atoms with Crippen molar-refractivity contribution in [2.24, 2.45) is 0 Å². The van der Waals surface area contributed by atoms with E-state index >= 15 is 0 Å². The molecule has 0 radical (unpaired) electrons. The molecular weight excluding hydrogens is 422 g/mol. The van der Waals surface area contributed by atoms with Gasteiger partial charge in [-0.2, -0.15) is 0 Å². The van der Waals surface area contributed by atoms with Gasteiger partial charge in [-0.25, -0.2) is 0 Å². The SMILES string of the molecule is Cc1ccc(C)c(-c2cc(C(=O)N(CCC(=O)NCc3ccco3)C[C@@H]3CCCO3)no2)c1. The van der Waals surface area contributed by atoms with Crippen molar-refractivity contribution >= 4 is 11.8 Å². The average molecular weight is 452 g/mol. The molecule has 1 fully saturated rings. The van der Waals surface area contributed by atoms with Crippen molar-refractivity contribution in [3.8, 4) is 11.3 Å². The molecule has 2 amide bonds. The summed E-state index contributed by atoms with van der Waals surface area (Å²) in [6.07, 6.45) is 3.55. The zero-order valence-electron chi connectivity index (χ0n) is 19.0. The van der Waals surface area contributed by atoms with E-state index in [1.165, 1.54) is 0 Å². The molecule has 33 heavy (non-hydrogen) atoms. The molecule has 3 heterocycles. The lowest BCUT2D eigenvalue weighted by atomic mass is 10.0. The molecule has 1 aliphatic heterocycles. The Kier molecular flexibility index (Phi) is 7.24. The van der Waals surface area contributed by atoms with Crippen molar-refractivity contribution in [3.63, 3.8) is 0 Å².